The molecule has 0 atom stereocenters. The lowest BCUT2D eigenvalue weighted by Crippen LogP contribution is -2.32. The van der Waals surface area contributed by atoms with Gasteiger partial charge in [0.1, 0.15) is 7.05 Å². The lowest BCUT2D eigenvalue weighted by molar-refractivity contribution is -0.660. The second-order valence-corrected chi connectivity index (χ2v) is 8.87. The fourth-order valence-corrected chi connectivity index (χ4v) is 4.30. The number of furan rings is 1. The van der Waals surface area contributed by atoms with Gasteiger partial charge >= 0.3 is 0 Å². The highest BCUT2D eigenvalue weighted by Gasteiger charge is 2.26. The Hall–Kier alpha value is -3.20. The van der Waals surface area contributed by atoms with Gasteiger partial charge in [-0.2, -0.15) is 0 Å². The summed E-state index contributed by atoms with van der Waals surface area (Å²) in [5.74, 6) is 0. The van der Waals surface area contributed by atoms with Gasteiger partial charge in [-0.25, -0.2) is 9.55 Å². The quantitative estimate of drug-likeness (QED) is 0.322. The molecule has 0 aliphatic carbocycles. The summed E-state index contributed by atoms with van der Waals surface area (Å²) < 4.78 is 8.57. The van der Waals surface area contributed by atoms with Gasteiger partial charge in [-0.3, -0.25) is 0 Å². The summed E-state index contributed by atoms with van der Waals surface area (Å²) in [6.45, 7) is 8.95. The average Bonchev–Trinajstić information content (AvgIpc) is 3.08. The maximum absolute atomic E-state index is 6.38. The third-order valence-corrected chi connectivity index (χ3v) is 5.94. The van der Waals surface area contributed by atoms with Gasteiger partial charge in [-0.15, -0.1) is 0 Å². The predicted octanol–water partition coefficient (Wildman–Crippen LogP) is 6.23. The number of benzene rings is 2. The summed E-state index contributed by atoms with van der Waals surface area (Å²) in [7, 11) is 2.10. The zero-order chi connectivity index (χ0) is 20.3. The van der Waals surface area contributed by atoms with Gasteiger partial charge in [0.25, 0.3) is 0 Å². The number of fused-ring (bicyclic) bond motifs is 5. The number of pyridine rings is 2. The highest BCUT2D eigenvalue weighted by Crippen LogP contribution is 2.42. The number of hydrogen-bond acceptors (Lipinski definition) is 2. The van der Waals surface area contributed by atoms with E-state index in [9.17, 15) is 0 Å². The van der Waals surface area contributed by atoms with Crippen LogP contribution >= 0.6 is 0 Å². The van der Waals surface area contributed by atoms with Crippen LogP contribution in [0.5, 0.6) is 0 Å². The van der Waals surface area contributed by atoms with E-state index in [4.69, 9.17) is 4.42 Å². The topological polar surface area (TPSA) is 29.9 Å². The van der Waals surface area contributed by atoms with Crippen LogP contribution in [0.15, 0.2) is 65.3 Å². The summed E-state index contributed by atoms with van der Waals surface area (Å²) in [5.41, 5.74) is 6.51. The average molecular weight is 381 g/mol. The van der Waals surface area contributed by atoms with Crippen molar-refractivity contribution in [1.82, 2.24) is 4.98 Å². The number of aryl methyl sites for hydroxylation is 2. The molecule has 0 aliphatic heterocycles. The molecule has 0 amide bonds. The van der Waals surface area contributed by atoms with Crippen LogP contribution in [0.4, 0.5) is 0 Å². The molecule has 144 valence electrons. The molecular weight excluding hydrogens is 356 g/mol. The zero-order valence-electron chi connectivity index (χ0n) is 17.6. The summed E-state index contributed by atoms with van der Waals surface area (Å²) in [4.78, 5) is 4.50. The molecule has 3 heterocycles. The van der Waals surface area contributed by atoms with E-state index >= 15 is 0 Å². The molecule has 3 heteroatoms. The van der Waals surface area contributed by atoms with Crippen molar-refractivity contribution in [2.75, 3.05) is 0 Å². The van der Waals surface area contributed by atoms with Crippen LogP contribution in [-0.2, 0) is 12.5 Å². The molecular formula is C26H25N2O+. The molecule has 0 radical (unpaired) electrons. The van der Waals surface area contributed by atoms with Crippen LogP contribution in [0.1, 0.15) is 31.9 Å². The van der Waals surface area contributed by atoms with E-state index in [2.05, 4.69) is 93.0 Å². The Morgan fingerprint density at radius 2 is 1.66 bits per heavy atom. The van der Waals surface area contributed by atoms with Crippen molar-refractivity contribution in [2.24, 2.45) is 7.05 Å². The zero-order valence-corrected chi connectivity index (χ0v) is 17.6. The van der Waals surface area contributed by atoms with Gasteiger partial charge in [0.05, 0.1) is 5.56 Å². The minimum atomic E-state index is 0.0717. The molecule has 29 heavy (non-hydrogen) atoms. The van der Waals surface area contributed by atoms with Crippen molar-refractivity contribution in [3.63, 3.8) is 0 Å². The van der Waals surface area contributed by atoms with Crippen molar-refractivity contribution in [3.05, 3.63) is 72.1 Å². The number of aromatic nitrogens is 2. The summed E-state index contributed by atoms with van der Waals surface area (Å²) in [5, 5.41) is 4.67. The first-order valence-electron chi connectivity index (χ1n) is 10.1. The molecule has 0 aliphatic rings. The van der Waals surface area contributed by atoms with E-state index in [0.29, 0.717) is 5.71 Å². The van der Waals surface area contributed by atoms with E-state index < -0.39 is 0 Å². The first-order valence-corrected chi connectivity index (χ1v) is 10.1. The molecule has 0 bridgehead atoms. The lowest BCUT2D eigenvalue weighted by Gasteiger charge is -2.19. The molecule has 0 spiro atoms. The Bertz CT molecular complexity index is 1400. The van der Waals surface area contributed by atoms with Crippen LogP contribution in [-0.4, -0.2) is 4.98 Å². The first kappa shape index (κ1) is 17.9. The highest BCUT2D eigenvalue weighted by atomic mass is 16.3. The highest BCUT2D eigenvalue weighted by molar-refractivity contribution is 6.22. The van der Waals surface area contributed by atoms with E-state index in [1.54, 1.807) is 6.20 Å². The van der Waals surface area contributed by atoms with E-state index in [1.165, 1.54) is 21.9 Å². The Kier molecular flexibility index (Phi) is 3.79. The molecule has 3 nitrogen and oxygen atoms in total. The van der Waals surface area contributed by atoms with Crippen molar-refractivity contribution in [2.45, 2.75) is 33.1 Å². The standard InChI is InChI=1S/C26H25N2O/c1-16-18-9-6-7-10-19(18)23-20-11-8-13-27-25(20)29-24(23)22(16)21-15-17(26(2,3)4)12-14-28(21)5/h6-15H,1-5H3/q+1. The third kappa shape index (κ3) is 2.65. The molecule has 5 aromatic rings. The second kappa shape index (κ2) is 6.15. The molecule has 0 unspecified atom stereocenters. The summed E-state index contributed by atoms with van der Waals surface area (Å²) in [6, 6.07) is 17.2. The number of rotatable bonds is 1. The van der Waals surface area contributed by atoms with Gasteiger partial charge in [0.2, 0.25) is 11.4 Å². The van der Waals surface area contributed by atoms with Crippen LogP contribution < -0.4 is 4.57 Å². The Labute approximate surface area is 170 Å². The minimum Gasteiger partial charge on any atom is -0.437 e. The van der Waals surface area contributed by atoms with E-state index in [1.807, 2.05) is 6.07 Å². The monoisotopic (exact) mass is 381 g/mol. The molecule has 3 aromatic heterocycles. The minimum absolute atomic E-state index is 0.0717. The van der Waals surface area contributed by atoms with Gasteiger partial charge < -0.3 is 4.42 Å². The largest absolute Gasteiger partial charge is 0.437 e. The number of hydrogen-bond donors (Lipinski definition) is 0. The Morgan fingerprint density at radius 3 is 2.41 bits per heavy atom. The summed E-state index contributed by atoms with van der Waals surface area (Å²) >= 11 is 0. The molecule has 0 saturated heterocycles. The fraction of sp³-hybridized carbons (Fsp3) is 0.231. The molecule has 0 saturated carbocycles. The van der Waals surface area contributed by atoms with Gasteiger partial charge in [-0.1, -0.05) is 45.0 Å². The predicted molar refractivity (Wildman–Crippen MR) is 119 cm³/mol. The van der Waals surface area contributed by atoms with Gasteiger partial charge in [0.15, 0.2) is 11.8 Å². The molecule has 0 fully saturated rings. The van der Waals surface area contributed by atoms with Gasteiger partial charge in [0, 0.05) is 29.1 Å². The number of nitrogens with zero attached hydrogens (tertiary/aromatic N) is 2. The molecule has 2 aromatic carbocycles. The van der Waals surface area contributed by atoms with Crippen LogP contribution in [0, 0.1) is 6.92 Å². The molecule has 5 rings (SSSR count). The summed E-state index contributed by atoms with van der Waals surface area (Å²) in [6.07, 6.45) is 3.94. The first-order chi connectivity index (χ1) is 13.9. The fourth-order valence-electron chi connectivity index (χ4n) is 4.30. The Morgan fingerprint density at radius 1 is 0.931 bits per heavy atom. The maximum atomic E-state index is 6.38. The van der Waals surface area contributed by atoms with Crippen molar-refractivity contribution in [3.8, 4) is 11.3 Å². The van der Waals surface area contributed by atoms with Crippen LogP contribution in [0.25, 0.3) is 44.1 Å². The van der Waals surface area contributed by atoms with Gasteiger partial charge in [-0.05, 0) is 46.4 Å². The Balaban J connectivity index is 2.01. The third-order valence-electron chi connectivity index (χ3n) is 5.94. The van der Waals surface area contributed by atoms with Crippen molar-refractivity contribution >= 4 is 32.8 Å². The van der Waals surface area contributed by atoms with E-state index in [-0.39, 0.29) is 5.41 Å². The smallest absolute Gasteiger partial charge is 0.227 e. The van der Waals surface area contributed by atoms with E-state index in [0.717, 1.165) is 27.6 Å². The van der Waals surface area contributed by atoms with Crippen molar-refractivity contribution < 1.29 is 8.98 Å². The van der Waals surface area contributed by atoms with Crippen LogP contribution in [0.2, 0.25) is 0 Å². The second-order valence-electron chi connectivity index (χ2n) is 8.87. The molecule has 0 N–H and O–H groups in total. The normalized spacial score (nSPS) is 12.3. The van der Waals surface area contributed by atoms with Crippen molar-refractivity contribution in [1.29, 1.82) is 0 Å². The maximum Gasteiger partial charge on any atom is 0.227 e. The van der Waals surface area contributed by atoms with Crippen LogP contribution in [0.3, 0.4) is 0 Å². The SMILES string of the molecule is Cc1c(-c2cc(C(C)(C)C)cc[n+]2C)c2oc3ncccc3c2c2ccccc12. The lowest BCUT2D eigenvalue weighted by atomic mass is 9.86.